The molecule has 0 amide bonds. The van der Waals surface area contributed by atoms with Crippen molar-refractivity contribution in [3.8, 4) is 0 Å². The Morgan fingerprint density at radius 2 is 2.06 bits per heavy atom. The summed E-state index contributed by atoms with van der Waals surface area (Å²) in [6, 6.07) is 0. The molecule has 6 heteroatoms. The maximum absolute atomic E-state index is 12.4. The molecule has 1 heterocycles. The average Bonchev–Trinajstić information content (AvgIpc) is 2.68. The number of allylic oxidation sites excluding steroid dienone is 1. The van der Waals surface area contributed by atoms with E-state index in [0.29, 0.717) is 24.2 Å². The number of hydrogen-bond acceptors (Lipinski definition) is 5. The van der Waals surface area contributed by atoms with Gasteiger partial charge >= 0.3 is 7.60 Å². The Hall–Kier alpha value is -0.900. The van der Waals surface area contributed by atoms with Crippen LogP contribution in [0, 0.1) is 0 Å². The SMILES string of the molecule is C/C=C/c1nocc1P(=O)(OCC)OCC. The molecule has 0 aliphatic rings. The van der Waals surface area contributed by atoms with Crippen molar-refractivity contribution in [3.63, 3.8) is 0 Å². The lowest BCUT2D eigenvalue weighted by Crippen LogP contribution is -2.11. The first kappa shape index (κ1) is 13.2. The van der Waals surface area contributed by atoms with Crippen LogP contribution in [0.15, 0.2) is 16.9 Å². The Kier molecular flexibility index (Phi) is 4.93. The van der Waals surface area contributed by atoms with Gasteiger partial charge < -0.3 is 13.6 Å². The van der Waals surface area contributed by atoms with Crippen molar-refractivity contribution in [1.29, 1.82) is 0 Å². The summed E-state index contributed by atoms with van der Waals surface area (Å²) in [5.74, 6) is 0. The second-order valence-electron chi connectivity index (χ2n) is 2.92. The smallest absolute Gasteiger partial charge is 0.363 e. The van der Waals surface area contributed by atoms with Gasteiger partial charge in [-0.25, -0.2) is 0 Å². The molecule has 1 aromatic rings. The van der Waals surface area contributed by atoms with Crippen LogP contribution in [0.2, 0.25) is 0 Å². The summed E-state index contributed by atoms with van der Waals surface area (Å²) in [4.78, 5) is 0. The van der Waals surface area contributed by atoms with Crippen molar-refractivity contribution in [3.05, 3.63) is 18.0 Å². The lowest BCUT2D eigenvalue weighted by molar-refractivity contribution is 0.229. The summed E-state index contributed by atoms with van der Waals surface area (Å²) in [7, 11) is -3.30. The van der Waals surface area contributed by atoms with Gasteiger partial charge in [-0.15, -0.1) is 0 Å². The highest BCUT2D eigenvalue weighted by Gasteiger charge is 2.31. The number of nitrogens with zero attached hydrogens (tertiary/aromatic N) is 1. The second kappa shape index (κ2) is 5.99. The van der Waals surface area contributed by atoms with E-state index < -0.39 is 7.60 Å². The van der Waals surface area contributed by atoms with Crippen LogP contribution in [-0.4, -0.2) is 18.4 Å². The van der Waals surface area contributed by atoms with Gasteiger partial charge in [-0.05, 0) is 26.8 Å². The fourth-order valence-corrected chi connectivity index (χ4v) is 2.84. The number of rotatable bonds is 6. The molecule has 0 fully saturated rings. The van der Waals surface area contributed by atoms with Crippen molar-refractivity contribution in [1.82, 2.24) is 5.16 Å². The Labute approximate surface area is 95.0 Å². The van der Waals surface area contributed by atoms with E-state index in [9.17, 15) is 4.57 Å². The molecule has 0 radical (unpaired) electrons. The zero-order chi connectivity index (χ0) is 12.0. The molecule has 1 aromatic heterocycles. The molecule has 0 unspecified atom stereocenters. The predicted molar refractivity (Wildman–Crippen MR) is 61.7 cm³/mol. The number of aromatic nitrogens is 1. The van der Waals surface area contributed by atoms with Gasteiger partial charge in [0.25, 0.3) is 0 Å². The van der Waals surface area contributed by atoms with Gasteiger partial charge in [0.1, 0.15) is 17.3 Å². The van der Waals surface area contributed by atoms with Crippen molar-refractivity contribution >= 4 is 19.0 Å². The molecule has 0 atom stereocenters. The van der Waals surface area contributed by atoms with Crippen LogP contribution in [0.25, 0.3) is 6.08 Å². The molecule has 0 saturated carbocycles. The van der Waals surface area contributed by atoms with E-state index in [2.05, 4.69) is 5.16 Å². The van der Waals surface area contributed by atoms with Crippen LogP contribution in [0.5, 0.6) is 0 Å². The van der Waals surface area contributed by atoms with E-state index in [1.807, 2.05) is 6.92 Å². The first-order valence-corrected chi connectivity index (χ1v) is 6.69. The fraction of sp³-hybridized carbons (Fsp3) is 0.500. The third-order valence-corrected chi connectivity index (χ3v) is 3.92. The van der Waals surface area contributed by atoms with E-state index in [4.69, 9.17) is 13.6 Å². The molecule has 0 spiro atoms. The quantitative estimate of drug-likeness (QED) is 0.721. The molecule has 0 saturated heterocycles. The Morgan fingerprint density at radius 1 is 1.44 bits per heavy atom. The fourth-order valence-electron chi connectivity index (χ4n) is 1.23. The maximum Gasteiger partial charge on any atom is 0.366 e. The predicted octanol–water partition coefficient (Wildman–Crippen LogP) is 2.60. The lowest BCUT2D eigenvalue weighted by Gasteiger charge is -2.15. The zero-order valence-corrected chi connectivity index (χ0v) is 10.6. The standard InChI is InChI=1S/C10H16NO4P/c1-4-7-9-10(8-13-11-9)16(12,14-5-2)15-6-3/h4,7-8H,5-6H2,1-3H3/b7-4+. The van der Waals surface area contributed by atoms with Crippen LogP contribution in [0.4, 0.5) is 0 Å². The van der Waals surface area contributed by atoms with Crippen LogP contribution < -0.4 is 5.30 Å². The highest BCUT2D eigenvalue weighted by Crippen LogP contribution is 2.47. The summed E-state index contributed by atoms with van der Waals surface area (Å²) >= 11 is 0. The summed E-state index contributed by atoms with van der Waals surface area (Å²) in [5, 5.41) is 4.11. The number of hydrogen-bond donors (Lipinski definition) is 0. The minimum atomic E-state index is -3.30. The molecular weight excluding hydrogens is 229 g/mol. The van der Waals surface area contributed by atoms with Gasteiger partial charge in [-0.1, -0.05) is 11.2 Å². The Bertz CT molecular complexity index is 389. The van der Waals surface area contributed by atoms with E-state index in [1.165, 1.54) is 6.26 Å². The van der Waals surface area contributed by atoms with Gasteiger partial charge in [-0.2, -0.15) is 0 Å². The third kappa shape index (κ3) is 2.82. The molecule has 0 aliphatic heterocycles. The molecule has 0 aromatic carbocycles. The first-order chi connectivity index (χ1) is 7.68. The van der Waals surface area contributed by atoms with Crippen LogP contribution in [-0.2, 0) is 13.6 Å². The summed E-state index contributed by atoms with van der Waals surface area (Å²) in [6.45, 7) is 5.96. The highest BCUT2D eigenvalue weighted by atomic mass is 31.2. The normalized spacial score (nSPS) is 12.4. The third-order valence-electron chi connectivity index (χ3n) is 1.80. The van der Waals surface area contributed by atoms with Gasteiger partial charge in [0.05, 0.1) is 13.2 Å². The molecule has 0 bridgehead atoms. The van der Waals surface area contributed by atoms with Gasteiger partial charge in [-0.3, -0.25) is 4.57 Å². The molecule has 90 valence electrons. The zero-order valence-electron chi connectivity index (χ0n) is 9.67. The molecule has 0 aliphatic carbocycles. The Morgan fingerprint density at radius 3 is 2.56 bits per heavy atom. The topological polar surface area (TPSA) is 61.6 Å². The van der Waals surface area contributed by atoms with Crippen LogP contribution in [0.3, 0.4) is 0 Å². The van der Waals surface area contributed by atoms with Gasteiger partial charge in [0, 0.05) is 0 Å². The van der Waals surface area contributed by atoms with Gasteiger partial charge in [0.2, 0.25) is 0 Å². The average molecular weight is 245 g/mol. The van der Waals surface area contributed by atoms with E-state index in [-0.39, 0.29) is 0 Å². The van der Waals surface area contributed by atoms with Crippen molar-refractivity contribution < 1.29 is 18.1 Å². The second-order valence-corrected chi connectivity index (χ2v) is 4.91. The highest BCUT2D eigenvalue weighted by molar-refractivity contribution is 7.62. The van der Waals surface area contributed by atoms with Crippen molar-refractivity contribution in [2.45, 2.75) is 20.8 Å². The molecule has 1 rings (SSSR count). The molecular formula is C10H16NO4P. The van der Waals surface area contributed by atoms with Crippen molar-refractivity contribution in [2.75, 3.05) is 13.2 Å². The van der Waals surface area contributed by atoms with Crippen LogP contribution >= 0.6 is 7.60 Å². The minimum absolute atomic E-state index is 0.303. The lowest BCUT2D eigenvalue weighted by atomic mass is 10.4. The minimum Gasteiger partial charge on any atom is -0.363 e. The van der Waals surface area contributed by atoms with Crippen LogP contribution in [0.1, 0.15) is 26.5 Å². The Balaban J connectivity index is 3.10. The largest absolute Gasteiger partial charge is 0.366 e. The monoisotopic (exact) mass is 245 g/mol. The summed E-state index contributed by atoms with van der Waals surface area (Å²) in [6.07, 6.45) is 4.79. The summed E-state index contributed by atoms with van der Waals surface area (Å²) in [5.41, 5.74) is 0.479. The molecule has 16 heavy (non-hydrogen) atoms. The van der Waals surface area contributed by atoms with E-state index in [1.54, 1.807) is 26.0 Å². The maximum atomic E-state index is 12.4. The molecule has 0 N–H and O–H groups in total. The summed E-state index contributed by atoms with van der Waals surface area (Å²) < 4.78 is 27.6. The van der Waals surface area contributed by atoms with Crippen molar-refractivity contribution in [2.24, 2.45) is 0 Å². The molecule has 5 nitrogen and oxygen atoms in total. The first-order valence-electron chi connectivity index (χ1n) is 5.14. The van der Waals surface area contributed by atoms with E-state index >= 15 is 0 Å². The van der Waals surface area contributed by atoms with E-state index in [0.717, 1.165) is 0 Å². The van der Waals surface area contributed by atoms with Gasteiger partial charge in [0.15, 0.2) is 0 Å².